The number of hydrogen-bond acceptors (Lipinski definition) is 2. The van der Waals surface area contributed by atoms with Gasteiger partial charge in [0.15, 0.2) is 0 Å². The van der Waals surface area contributed by atoms with Crippen LogP contribution < -0.4 is 0 Å². The average molecular weight is 304 g/mol. The van der Waals surface area contributed by atoms with E-state index in [2.05, 4.69) is 12.1 Å². The molecule has 0 aliphatic heterocycles. The number of phenolic OH excluding ortho intramolecular Hbond substituents is 1. The standard InChI is InChI=1S/C21H20O2/c22-16-21(18-10-5-2-6-11-18,15-17-8-3-1-4-9-17)19-12-7-13-20(23)14-19/h1-14,22-23H,15-16H2. The van der Waals surface area contributed by atoms with E-state index >= 15 is 0 Å². The first kappa shape index (κ1) is 15.3. The molecule has 116 valence electrons. The Labute approximate surface area is 136 Å². The molecule has 0 fully saturated rings. The van der Waals surface area contributed by atoms with E-state index in [1.54, 1.807) is 12.1 Å². The summed E-state index contributed by atoms with van der Waals surface area (Å²) in [6.07, 6.45) is 0.664. The van der Waals surface area contributed by atoms with Crippen LogP contribution in [0.4, 0.5) is 0 Å². The van der Waals surface area contributed by atoms with E-state index in [0.29, 0.717) is 6.42 Å². The van der Waals surface area contributed by atoms with Crippen LogP contribution in [0.5, 0.6) is 5.75 Å². The molecule has 2 N–H and O–H groups in total. The van der Waals surface area contributed by atoms with Gasteiger partial charge < -0.3 is 10.2 Å². The van der Waals surface area contributed by atoms with Gasteiger partial charge in [0, 0.05) is 5.41 Å². The summed E-state index contributed by atoms with van der Waals surface area (Å²) in [6.45, 7) is -0.0324. The maximum Gasteiger partial charge on any atom is 0.115 e. The number of hydrogen-bond donors (Lipinski definition) is 2. The van der Waals surface area contributed by atoms with E-state index in [-0.39, 0.29) is 12.4 Å². The van der Waals surface area contributed by atoms with Crippen LogP contribution in [-0.4, -0.2) is 16.8 Å². The third kappa shape index (κ3) is 3.13. The Bertz CT molecular complexity index is 753. The number of rotatable bonds is 5. The molecule has 1 unspecified atom stereocenters. The summed E-state index contributed by atoms with van der Waals surface area (Å²) in [5, 5.41) is 20.3. The van der Waals surface area contributed by atoms with Crippen LogP contribution in [0.1, 0.15) is 16.7 Å². The fourth-order valence-corrected chi connectivity index (χ4v) is 3.11. The van der Waals surface area contributed by atoms with Crippen molar-refractivity contribution in [3.63, 3.8) is 0 Å². The summed E-state index contributed by atoms with van der Waals surface area (Å²) in [4.78, 5) is 0. The second kappa shape index (κ2) is 6.67. The van der Waals surface area contributed by atoms with Crippen LogP contribution in [0.15, 0.2) is 84.9 Å². The summed E-state index contributed by atoms with van der Waals surface area (Å²) >= 11 is 0. The molecule has 0 amide bonds. The number of aromatic hydroxyl groups is 1. The minimum Gasteiger partial charge on any atom is -0.508 e. The number of aliphatic hydroxyl groups excluding tert-OH is 1. The number of benzene rings is 3. The van der Waals surface area contributed by atoms with Gasteiger partial charge in [0.05, 0.1) is 6.61 Å². The Morgan fingerprint density at radius 1 is 0.696 bits per heavy atom. The molecule has 2 heteroatoms. The lowest BCUT2D eigenvalue weighted by atomic mass is 9.71. The van der Waals surface area contributed by atoms with E-state index in [4.69, 9.17) is 0 Å². The molecule has 3 aromatic carbocycles. The van der Waals surface area contributed by atoms with Gasteiger partial charge in [-0.05, 0) is 35.2 Å². The normalized spacial score (nSPS) is 13.4. The summed E-state index contributed by atoms with van der Waals surface area (Å²) in [6, 6.07) is 27.3. The van der Waals surface area contributed by atoms with Gasteiger partial charge in [-0.15, -0.1) is 0 Å². The van der Waals surface area contributed by atoms with Gasteiger partial charge in [0.1, 0.15) is 5.75 Å². The molecule has 0 saturated heterocycles. The topological polar surface area (TPSA) is 40.5 Å². The van der Waals surface area contributed by atoms with Crippen molar-refractivity contribution >= 4 is 0 Å². The molecule has 1 atom stereocenters. The molecule has 2 nitrogen and oxygen atoms in total. The molecule has 0 saturated carbocycles. The van der Waals surface area contributed by atoms with Crippen molar-refractivity contribution in [2.75, 3.05) is 6.61 Å². The van der Waals surface area contributed by atoms with Crippen LogP contribution in [0.3, 0.4) is 0 Å². The molecule has 3 aromatic rings. The minimum absolute atomic E-state index is 0.0324. The highest BCUT2D eigenvalue weighted by Crippen LogP contribution is 2.36. The predicted molar refractivity (Wildman–Crippen MR) is 92.6 cm³/mol. The number of aliphatic hydroxyl groups is 1. The van der Waals surface area contributed by atoms with Crippen molar-refractivity contribution in [2.24, 2.45) is 0 Å². The molecule has 0 spiro atoms. The third-order valence-electron chi connectivity index (χ3n) is 4.34. The second-order valence-electron chi connectivity index (χ2n) is 5.82. The summed E-state index contributed by atoms with van der Waals surface area (Å²) in [5.41, 5.74) is 2.52. The Balaban J connectivity index is 2.15. The largest absolute Gasteiger partial charge is 0.508 e. The van der Waals surface area contributed by atoms with E-state index in [9.17, 15) is 10.2 Å². The molecule has 0 bridgehead atoms. The fraction of sp³-hybridized carbons (Fsp3) is 0.143. The highest BCUT2D eigenvalue weighted by Gasteiger charge is 2.34. The van der Waals surface area contributed by atoms with Gasteiger partial charge in [-0.1, -0.05) is 72.8 Å². The molecular formula is C21H20O2. The molecule has 23 heavy (non-hydrogen) atoms. The van der Waals surface area contributed by atoms with Crippen molar-refractivity contribution in [2.45, 2.75) is 11.8 Å². The third-order valence-corrected chi connectivity index (χ3v) is 4.34. The maximum absolute atomic E-state index is 10.4. The zero-order valence-corrected chi connectivity index (χ0v) is 12.9. The van der Waals surface area contributed by atoms with Crippen LogP contribution in [0.25, 0.3) is 0 Å². The first-order chi connectivity index (χ1) is 11.2. The second-order valence-corrected chi connectivity index (χ2v) is 5.82. The van der Waals surface area contributed by atoms with Crippen molar-refractivity contribution in [3.05, 3.63) is 102 Å². The molecule has 0 heterocycles. The van der Waals surface area contributed by atoms with Gasteiger partial charge in [-0.3, -0.25) is 0 Å². The van der Waals surface area contributed by atoms with Gasteiger partial charge in [-0.25, -0.2) is 0 Å². The monoisotopic (exact) mass is 304 g/mol. The van der Waals surface area contributed by atoms with Crippen LogP contribution in [0, 0.1) is 0 Å². The Hall–Kier alpha value is -2.58. The lowest BCUT2D eigenvalue weighted by Gasteiger charge is -2.33. The van der Waals surface area contributed by atoms with Crippen molar-refractivity contribution in [1.29, 1.82) is 0 Å². The lowest BCUT2D eigenvalue weighted by Crippen LogP contribution is -2.34. The molecular weight excluding hydrogens is 284 g/mol. The maximum atomic E-state index is 10.4. The van der Waals surface area contributed by atoms with Crippen LogP contribution >= 0.6 is 0 Å². The molecule has 0 aliphatic rings. The first-order valence-corrected chi connectivity index (χ1v) is 7.74. The predicted octanol–water partition coefficient (Wildman–Crippen LogP) is 3.91. The van der Waals surface area contributed by atoms with E-state index < -0.39 is 5.41 Å². The summed E-state index contributed by atoms with van der Waals surface area (Å²) in [7, 11) is 0. The Kier molecular flexibility index (Phi) is 4.45. The van der Waals surface area contributed by atoms with Crippen molar-refractivity contribution in [1.82, 2.24) is 0 Å². The highest BCUT2D eigenvalue weighted by atomic mass is 16.3. The van der Waals surface area contributed by atoms with E-state index in [0.717, 1.165) is 16.7 Å². The zero-order valence-electron chi connectivity index (χ0n) is 12.9. The first-order valence-electron chi connectivity index (χ1n) is 7.74. The summed E-state index contributed by atoms with van der Waals surface area (Å²) in [5.74, 6) is 0.212. The lowest BCUT2D eigenvalue weighted by molar-refractivity contribution is 0.218. The van der Waals surface area contributed by atoms with Crippen LogP contribution in [-0.2, 0) is 11.8 Å². The SMILES string of the molecule is OCC(Cc1ccccc1)(c1ccccc1)c1cccc(O)c1. The van der Waals surface area contributed by atoms with Crippen molar-refractivity contribution < 1.29 is 10.2 Å². The Morgan fingerprint density at radius 2 is 1.30 bits per heavy atom. The smallest absolute Gasteiger partial charge is 0.115 e. The van der Waals surface area contributed by atoms with Gasteiger partial charge in [-0.2, -0.15) is 0 Å². The molecule has 0 aromatic heterocycles. The molecule has 3 rings (SSSR count). The highest BCUT2D eigenvalue weighted by molar-refractivity contribution is 5.44. The Morgan fingerprint density at radius 3 is 1.91 bits per heavy atom. The quantitative estimate of drug-likeness (QED) is 0.750. The minimum atomic E-state index is -0.582. The van der Waals surface area contributed by atoms with Gasteiger partial charge in [0.2, 0.25) is 0 Å². The number of phenols is 1. The average Bonchev–Trinajstić information content (AvgIpc) is 2.61. The fourth-order valence-electron chi connectivity index (χ4n) is 3.11. The molecule has 0 radical (unpaired) electrons. The zero-order chi connectivity index (χ0) is 16.1. The van der Waals surface area contributed by atoms with E-state index in [1.165, 1.54) is 0 Å². The van der Waals surface area contributed by atoms with Crippen molar-refractivity contribution in [3.8, 4) is 5.75 Å². The van der Waals surface area contributed by atoms with Crippen LogP contribution in [0.2, 0.25) is 0 Å². The van der Waals surface area contributed by atoms with Gasteiger partial charge in [0.25, 0.3) is 0 Å². The van der Waals surface area contributed by atoms with E-state index in [1.807, 2.05) is 60.7 Å². The molecule has 0 aliphatic carbocycles. The summed E-state index contributed by atoms with van der Waals surface area (Å²) < 4.78 is 0. The van der Waals surface area contributed by atoms with Gasteiger partial charge >= 0.3 is 0 Å².